The number of methoxy groups -OCH3 is 1. The normalized spacial score (nSPS) is 10.4. The second-order valence-corrected chi connectivity index (χ2v) is 4.43. The quantitative estimate of drug-likeness (QED) is 0.765. The molecule has 3 aromatic rings. The zero-order chi connectivity index (χ0) is 13.9. The predicted octanol–water partition coefficient (Wildman–Crippen LogP) is 3.28. The molecule has 0 saturated carbocycles. The smallest absolute Gasteiger partial charge is 0.212 e. The van der Waals surface area contributed by atoms with Crippen LogP contribution in [0.3, 0.4) is 0 Å². The fourth-order valence-corrected chi connectivity index (χ4v) is 2.12. The minimum absolute atomic E-state index is 0.0258. The van der Waals surface area contributed by atoms with Crippen molar-refractivity contribution in [1.82, 2.24) is 4.98 Å². The van der Waals surface area contributed by atoms with Crippen molar-refractivity contribution < 1.29 is 4.74 Å². The highest BCUT2D eigenvalue weighted by Crippen LogP contribution is 2.20. The Bertz CT molecular complexity index is 809. The first-order valence-electron chi connectivity index (χ1n) is 6.29. The van der Waals surface area contributed by atoms with Crippen molar-refractivity contribution in [3.05, 3.63) is 65.0 Å². The van der Waals surface area contributed by atoms with Crippen LogP contribution in [0, 0.1) is 0 Å². The van der Waals surface area contributed by atoms with Crippen molar-refractivity contribution in [1.29, 1.82) is 0 Å². The molecule has 2 aromatic carbocycles. The summed E-state index contributed by atoms with van der Waals surface area (Å²) in [6, 6.07) is 14.9. The number of rotatable bonds is 3. The highest BCUT2D eigenvalue weighted by molar-refractivity contribution is 5.82. The van der Waals surface area contributed by atoms with Crippen molar-refractivity contribution in [2.45, 2.75) is 0 Å². The van der Waals surface area contributed by atoms with Crippen molar-refractivity contribution in [2.24, 2.45) is 0 Å². The molecular weight excluding hydrogens is 252 g/mol. The Hall–Kier alpha value is -2.75. The third-order valence-corrected chi connectivity index (χ3v) is 3.14. The third-order valence-electron chi connectivity index (χ3n) is 3.14. The first kappa shape index (κ1) is 12.3. The number of hydrogen-bond donors (Lipinski definition) is 2. The SMILES string of the molecule is COc1cccc(Nc2c[nH]c3ccccc3c2=O)c1. The molecule has 4 heteroatoms. The maximum atomic E-state index is 12.4. The fraction of sp³-hybridized carbons (Fsp3) is 0.0625. The van der Waals surface area contributed by atoms with E-state index in [9.17, 15) is 4.79 Å². The van der Waals surface area contributed by atoms with Gasteiger partial charge in [0.1, 0.15) is 11.4 Å². The Morgan fingerprint density at radius 3 is 2.80 bits per heavy atom. The Labute approximate surface area is 116 Å². The third kappa shape index (κ3) is 2.23. The van der Waals surface area contributed by atoms with Gasteiger partial charge >= 0.3 is 0 Å². The molecular formula is C16H14N2O2. The van der Waals surface area contributed by atoms with Gasteiger partial charge in [0.05, 0.1) is 7.11 Å². The van der Waals surface area contributed by atoms with Gasteiger partial charge in [0, 0.05) is 28.9 Å². The Kier molecular flexibility index (Phi) is 3.13. The van der Waals surface area contributed by atoms with Gasteiger partial charge in [-0.15, -0.1) is 0 Å². The Balaban J connectivity index is 2.02. The molecule has 2 N–H and O–H groups in total. The van der Waals surface area contributed by atoms with Crippen LogP contribution in [0.5, 0.6) is 5.75 Å². The number of benzene rings is 2. The van der Waals surface area contributed by atoms with Crippen molar-refractivity contribution in [3.63, 3.8) is 0 Å². The summed E-state index contributed by atoms with van der Waals surface area (Å²) in [7, 11) is 1.61. The van der Waals surface area contributed by atoms with Crippen molar-refractivity contribution >= 4 is 22.3 Å². The number of para-hydroxylation sites is 1. The maximum Gasteiger partial charge on any atom is 0.212 e. The van der Waals surface area contributed by atoms with Gasteiger partial charge in [-0.1, -0.05) is 18.2 Å². The molecule has 0 atom stereocenters. The van der Waals surface area contributed by atoms with Crippen molar-refractivity contribution in [2.75, 3.05) is 12.4 Å². The van der Waals surface area contributed by atoms with Crippen LogP contribution < -0.4 is 15.5 Å². The molecule has 0 aliphatic rings. The van der Waals surface area contributed by atoms with Gasteiger partial charge in [-0.2, -0.15) is 0 Å². The summed E-state index contributed by atoms with van der Waals surface area (Å²) >= 11 is 0. The summed E-state index contributed by atoms with van der Waals surface area (Å²) in [5.41, 5.74) is 2.12. The molecule has 100 valence electrons. The lowest BCUT2D eigenvalue weighted by Gasteiger charge is -2.08. The lowest BCUT2D eigenvalue weighted by molar-refractivity contribution is 0.415. The van der Waals surface area contributed by atoms with Crippen LogP contribution >= 0.6 is 0 Å². The predicted molar refractivity (Wildman–Crippen MR) is 80.8 cm³/mol. The van der Waals surface area contributed by atoms with E-state index in [4.69, 9.17) is 4.74 Å². The van der Waals surface area contributed by atoms with E-state index in [1.807, 2.05) is 48.5 Å². The summed E-state index contributed by atoms with van der Waals surface area (Å²) in [6.07, 6.45) is 1.68. The highest BCUT2D eigenvalue weighted by Gasteiger charge is 2.05. The standard InChI is InChI=1S/C16H14N2O2/c1-20-12-6-4-5-11(9-12)18-15-10-17-14-8-3-2-7-13(14)16(15)19/h2-10,18H,1H3,(H,17,19). The molecule has 0 fully saturated rings. The van der Waals surface area contributed by atoms with Crippen LogP contribution in [0.4, 0.5) is 11.4 Å². The molecule has 4 nitrogen and oxygen atoms in total. The van der Waals surface area contributed by atoms with Crippen LogP contribution in [0.15, 0.2) is 59.5 Å². The number of H-pyrrole nitrogens is 1. The van der Waals surface area contributed by atoms with Crippen LogP contribution in [0.1, 0.15) is 0 Å². The number of anilines is 2. The van der Waals surface area contributed by atoms with E-state index in [1.54, 1.807) is 13.3 Å². The first-order chi connectivity index (χ1) is 9.78. The van der Waals surface area contributed by atoms with E-state index in [0.29, 0.717) is 11.1 Å². The first-order valence-corrected chi connectivity index (χ1v) is 6.29. The van der Waals surface area contributed by atoms with Gasteiger partial charge < -0.3 is 15.0 Å². The molecule has 1 aromatic heterocycles. The average Bonchev–Trinajstić information content (AvgIpc) is 2.50. The number of pyridine rings is 1. The Morgan fingerprint density at radius 1 is 1.10 bits per heavy atom. The fourth-order valence-electron chi connectivity index (χ4n) is 2.12. The molecule has 20 heavy (non-hydrogen) atoms. The van der Waals surface area contributed by atoms with Crippen LogP contribution in [-0.2, 0) is 0 Å². The number of fused-ring (bicyclic) bond motifs is 1. The lowest BCUT2D eigenvalue weighted by Crippen LogP contribution is -2.09. The molecule has 0 aliphatic carbocycles. The number of aromatic nitrogens is 1. The van der Waals surface area contributed by atoms with Gasteiger partial charge in [-0.05, 0) is 24.3 Å². The second kappa shape index (κ2) is 5.09. The monoisotopic (exact) mass is 266 g/mol. The zero-order valence-electron chi connectivity index (χ0n) is 11.0. The molecule has 3 rings (SSSR count). The van der Waals surface area contributed by atoms with E-state index < -0.39 is 0 Å². The summed E-state index contributed by atoms with van der Waals surface area (Å²) < 4.78 is 5.17. The molecule has 1 heterocycles. The van der Waals surface area contributed by atoms with Crippen LogP contribution in [-0.4, -0.2) is 12.1 Å². The average molecular weight is 266 g/mol. The van der Waals surface area contributed by atoms with Gasteiger partial charge in [0.15, 0.2) is 0 Å². The van der Waals surface area contributed by atoms with E-state index in [2.05, 4.69) is 10.3 Å². The molecule has 0 aliphatic heterocycles. The second-order valence-electron chi connectivity index (χ2n) is 4.43. The van der Waals surface area contributed by atoms with Crippen molar-refractivity contribution in [3.8, 4) is 5.75 Å². The van der Waals surface area contributed by atoms with Gasteiger partial charge in [-0.25, -0.2) is 0 Å². The van der Waals surface area contributed by atoms with Gasteiger partial charge in [0.25, 0.3) is 0 Å². The molecule has 0 radical (unpaired) electrons. The van der Waals surface area contributed by atoms with E-state index in [0.717, 1.165) is 17.0 Å². The maximum absolute atomic E-state index is 12.4. The summed E-state index contributed by atoms with van der Waals surface area (Å²) in [6.45, 7) is 0. The summed E-state index contributed by atoms with van der Waals surface area (Å²) in [4.78, 5) is 15.5. The molecule has 0 bridgehead atoms. The number of hydrogen-bond acceptors (Lipinski definition) is 3. The van der Waals surface area contributed by atoms with E-state index in [-0.39, 0.29) is 5.43 Å². The molecule has 0 spiro atoms. The topological polar surface area (TPSA) is 54.1 Å². The zero-order valence-corrected chi connectivity index (χ0v) is 11.0. The lowest BCUT2D eigenvalue weighted by atomic mass is 10.2. The largest absolute Gasteiger partial charge is 0.497 e. The van der Waals surface area contributed by atoms with E-state index >= 15 is 0 Å². The van der Waals surface area contributed by atoms with Gasteiger partial charge in [-0.3, -0.25) is 4.79 Å². The number of nitrogens with one attached hydrogen (secondary N) is 2. The number of aromatic amines is 1. The molecule has 0 saturated heterocycles. The number of ether oxygens (including phenoxy) is 1. The summed E-state index contributed by atoms with van der Waals surface area (Å²) in [5, 5.41) is 3.78. The summed E-state index contributed by atoms with van der Waals surface area (Å²) in [5.74, 6) is 0.743. The minimum atomic E-state index is -0.0258. The minimum Gasteiger partial charge on any atom is -0.497 e. The van der Waals surface area contributed by atoms with Gasteiger partial charge in [0.2, 0.25) is 5.43 Å². The Morgan fingerprint density at radius 2 is 1.95 bits per heavy atom. The van der Waals surface area contributed by atoms with E-state index in [1.165, 1.54) is 0 Å². The highest BCUT2D eigenvalue weighted by atomic mass is 16.5. The van der Waals surface area contributed by atoms with Crippen LogP contribution in [0.25, 0.3) is 10.9 Å². The van der Waals surface area contributed by atoms with Crippen LogP contribution in [0.2, 0.25) is 0 Å². The molecule has 0 amide bonds. The molecule has 0 unspecified atom stereocenters.